The van der Waals surface area contributed by atoms with Crippen LogP contribution in [-0.4, -0.2) is 14.1 Å². The molecule has 0 N–H and O–H groups in total. The number of imidazole rings is 1. The second-order valence-corrected chi connectivity index (χ2v) is 13.8. The first-order chi connectivity index (χ1) is 26.2. The number of rotatable bonds is 5. The van der Waals surface area contributed by atoms with Crippen LogP contribution in [0.1, 0.15) is 12.7 Å². The van der Waals surface area contributed by atoms with Gasteiger partial charge in [-0.25, -0.2) is 4.98 Å². The molecule has 0 aliphatic rings. The fourth-order valence-corrected chi connectivity index (χ4v) is 8.46. The zero-order chi connectivity index (χ0) is 35.0. The molecule has 250 valence electrons. The Balaban J connectivity index is 1.07. The van der Waals surface area contributed by atoms with Crippen molar-refractivity contribution >= 4 is 65.6 Å². The predicted octanol–water partition coefficient (Wildman–Crippen LogP) is 13.1. The van der Waals surface area contributed by atoms with Crippen molar-refractivity contribution in [1.29, 1.82) is 0 Å². The van der Waals surface area contributed by atoms with Crippen molar-refractivity contribution < 1.29 is 4.42 Å². The lowest BCUT2D eigenvalue weighted by atomic mass is 9.96. The number of para-hydroxylation sites is 3. The van der Waals surface area contributed by atoms with Crippen LogP contribution in [0.25, 0.3) is 99.2 Å². The van der Waals surface area contributed by atoms with E-state index in [1.54, 1.807) is 0 Å². The molecule has 0 bridgehead atoms. The summed E-state index contributed by atoms with van der Waals surface area (Å²) in [6.45, 7) is 2.16. The normalized spacial score (nSPS) is 11.9. The molecule has 0 saturated heterocycles. The summed E-state index contributed by atoms with van der Waals surface area (Å²) in [5, 5.41) is 7.28. The third-order valence-corrected chi connectivity index (χ3v) is 10.9. The molecule has 0 amide bonds. The van der Waals surface area contributed by atoms with Crippen LogP contribution < -0.4 is 0 Å². The van der Waals surface area contributed by atoms with Gasteiger partial charge in [-0.2, -0.15) is 0 Å². The molecule has 4 heteroatoms. The largest absolute Gasteiger partial charge is 0.456 e. The Morgan fingerprint density at radius 3 is 2.06 bits per heavy atom. The van der Waals surface area contributed by atoms with Crippen molar-refractivity contribution in [3.8, 4) is 33.6 Å². The fraction of sp³-hybridized carbons (Fsp3) is 0.0408. The van der Waals surface area contributed by atoms with E-state index < -0.39 is 0 Å². The minimum absolute atomic E-state index is 0.859. The number of nitrogens with zero attached hydrogens (tertiary/aromatic N) is 3. The fourth-order valence-electron chi connectivity index (χ4n) is 8.46. The first-order valence-corrected chi connectivity index (χ1v) is 18.3. The van der Waals surface area contributed by atoms with Gasteiger partial charge in [0.05, 0.1) is 22.1 Å². The molecule has 3 heterocycles. The molecule has 4 nitrogen and oxygen atoms in total. The minimum atomic E-state index is 0.859. The molecule has 8 aromatic carbocycles. The van der Waals surface area contributed by atoms with Gasteiger partial charge in [0, 0.05) is 39.3 Å². The number of fused-ring (bicyclic) bond motifs is 9. The van der Waals surface area contributed by atoms with E-state index in [2.05, 4.69) is 180 Å². The van der Waals surface area contributed by atoms with Crippen LogP contribution in [0.3, 0.4) is 0 Å². The Morgan fingerprint density at radius 2 is 1.19 bits per heavy atom. The number of hydrogen-bond acceptors (Lipinski definition) is 2. The number of furan rings is 1. The lowest BCUT2D eigenvalue weighted by molar-refractivity contribution is 0.669. The van der Waals surface area contributed by atoms with Gasteiger partial charge in [0.25, 0.3) is 0 Å². The molecule has 0 aliphatic heterocycles. The van der Waals surface area contributed by atoms with Gasteiger partial charge in [0.15, 0.2) is 0 Å². The van der Waals surface area contributed by atoms with E-state index >= 15 is 0 Å². The molecule has 0 aliphatic carbocycles. The van der Waals surface area contributed by atoms with Crippen LogP contribution in [0.2, 0.25) is 0 Å². The minimum Gasteiger partial charge on any atom is -0.456 e. The highest BCUT2D eigenvalue weighted by Gasteiger charge is 2.18. The number of benzene rings is 8. The van der Waals surface area contributed by atoms with Crippen molar-refractivity contribution in [2.45, 2.75) is 13.3 Å². The van der Waals surface area contributed by atoms with Crippen LogP contribution >= 0.6 is 0 Å². The SMILES string of the molecule is CCc1nc2ccccc2n1-c1ccc(-c2cccc3oc4ccc(-c5ccc6c(c5)c5c7ccccc7ccc5n6-c5ccccc5)cc4c23)cc1. The Hall–Kier alpha value is -6.91. The third kappa shape index (κ3) is 4.52. The number of aromatic nitrogens is 3. The van der Waals surface area contributed by atoms with Crippen LogP contribution in [0.15, 0.2) is 174 Å². The Morgan fingerprint density at radius 1 is 0.472 bits per heavy atom. The summed E-state index contributed by atoms with van der Waals surface area (Å²) >= 11 is 0. The molecule has 0 spiro atoms. The highest BCUT2D eigenvalue weighted by atomic mass is 16.3. The van der Waals surface area contributed by atoms with Crippen LogP contribution in [-0.2, 0) is 6.42 Å². The van der Waals surface area contributed by atoms with Gasteiger partial charge >= 0.3 is 0 Å². The molecule has 53 heavy (non-hydrogen) atoms. The average Bonchev–Trinajstić information content (AvgIpc) is 3.90. The van der Waals surface area contributed by atoms with E-state index in [1.165, 1.54) is 38.1 Å². The van der Waals surface area contributed by atoms with Crippen molar-refractivity contribution in [2.75, 3.05) is 0 Å². The topological polar surface area (TPSA) is 35.9 Å². The van der Waals surface area contributed by atoms with Gasteiger partial charge in [0.2, 0.25) is 0 Å². The molecule has 11 rings (SSSR count). The number of aryl methyl sites for hydroxylation is 1. The molecule has 0 atom stereocenters. The monoisotopic (exact) mass is 679 g/mol. The van der Waals surface area contributed by atoms with Gasteiger partial charge in [-0.15, -0.1) is 0 Å². The van der Waals surface area contributed by atoms with E-state index in [0.29, 0.717) is 0 Å². The summed E-state index contributed by atoms with van der Waals surface area (Å²) in [6.07, 6.45) is 0.859. The smallest absolute Gasteiger partial charge is 0.136 e. The Kier molecular flexibility index (Phi) is 6.49. The van der Waals surface area contributed by atoms with Crippen molar-refractivity contribution in [3.05, 3.63) is 176 Å². The van der Waals surface area contributed by atoms with Crippen LogP contribution in [0.4, 0.5) is 0 Å². The maximum atomic E-state index is 6.48. The van der Waals surface area contributed by atoms with Crippen molar-refractivity contribution in [3.63, 3.8) is 0 Å². The molecular weight excluding hydrogens is 647 g/mol. The highest BCUT2D eigenvalue weighted by Crippen LogP contribution is 2.41. The molecule has 0 radical (unpaired) electrons. The third-order valence-electron chi connectivity index (χ3n) is 10.9. The maximum absolute atomic E-state index is 6.48. The van der Waals surface area contributed by atoms with E-state index in [9.17, 15) is 0 Å². The first-order valence-electron chi connectivity index (χ1n) is 18.3. The zero-order valence-corrected chi connectivity index (χ0v) is 29.1. The summed E-state index contributed by atoms with van der Waals surface area (Å²) in [7, 11) is 0. The van der Waals surface area contributed by atoms with Gasteiger partial charge in [0.1, 0.15) is 17.0 Å². The van der Waals surface area contributed by atoms with Gasteiger partial charge in [-0.3, -0.25) is 4.57 Å². The summed E-state index contributed by atoms with van der Waals surface area (Å²) in [4.78, 5) is 4.90. The quantitative estimate of drug-likeness (QED) is 0.181. The van der Waals surface area contributed by atoms with Crippen molar-refractivity contribution in [1.82, 2.24) is 14.1 Å². The van der Waals surface area contributed by atoms with E-state index in [4.69, 9.17) is 9.40 Å². The lowest BCUT2D eigenvalue weighted by Crippen LogP contribution is -1.99. The van der Waals surface area contributed by atoms with E-state index in [1.807, 2.05) is 6.07 Å². The van der Waals surface area contributed by atoms with E-state index in [0.717, 1.165) is 73.3 Å². The second-order valence-electron chi connectivity index (χ2n) is 13.8. The van der Waals surface area contributed by atoms with Gasteiger partial charge < -0.3 is 8.98 Å². The molecule has 3 aromatic heterocycles. The van der Waals surface area contributed by atoms with Gasteiger partial charge in [-0.05, 0) is 106 Å². The second kappa shape index (κ2) is 11.6. The standard InChI is InChI=1S/C49H33N3O/c1-2-47-50-41-16-8-9-17-43(41)52(47)36-24-19-32(20-25-36)38-15-10-18-46-49(38)40-30-34(23-28-45(40)53-46)33-22-26-42-39(29-33)48-37-14-7-6-11-31(37)21-27-44(48)51(42)35-12-4-3-5-13-35/h3-30H,2H2,1H3. The molecule has 0 saturated carbocycles. The molecular formula is C49H33N3O. The molecule has 0 unspecified atom stereocenters. The molecule has 0 fully saturated rings. The summed E-state index contributed by atoms with van der Waals surface area (Å²) < 4.78 is 11.1. The van der Waals surface area contributed by atoms with Crippen LogP contribution in [0.5, 0.6) is 0 Å². The lowest BCUT2D eigenvalue weighted by Gasteiger charge is -2.10. The predicted molar refractivity (Wildman–Crippen MR) is 220 cm³/mol. The van der Waals surface area contributed by atoms with Crippen molar-refractivity contribution in [2.24, 2.45) is 0 Å². The zero-order valence-electron chi connectivity index (χ0n) is 29.1. The van der Waals surface area contributed by atoms with Gasteiger partial charge in [-0.1, -0.05) is 104 Å². The average molecular weight is 680 g/mol. The van der Waals surface area contributed by atoms with Crippen LogP contribution in [0, 0.1) is 0 Å². The maximum Gasteiger partial charge on any atom is 0.136 e. The van der Waals surface area contributed by atoms with E-state index in [-0.39, 0.29) is 0 Å². The summed E-state index contributed by atoms with van der Waals surface area (Å²) in [5.74, 6) is 1.06. The summed E-state index contributed by atoms with van der Waals surface area (Å²) in [6, 6.07) is 61.0. The number of hydrogen-bond donors (Lipinski definition) is 0. The molecule has 11 aromatic rings. The Labute approximate surface area is 305 Å². The first kappa shape index (κ1) is 29.8. The Bertz CT molecular complexity index is 3200. The summed E-state index contributed by atoms with van der Waals surface area (Å²) in [5.41, 5.74) is 13.2. The highest BCUT2D eigenvalue weighted by molar-refractivity contribution is 6.22.